The third-order valence-corrected chi connectivity index (χ3v) is 12.5. The van der Waals surface area contributed by atoms with Crippen LogP contribution in [0.25, 0.3) is 10.9 Å². The molecular weight excluding hydrogens is 716 g/mol. The van der Waals surface area contributed by atoms with E-state index in [1.165, 1.54) is 4.90 Å². The summed E-state index contributed by atoms with van der Waals surface area (Å²) in [6.45, 7) is 3.90. The number of carbonyl (C=O) groups is 3. The van der Waals surface area contributed by atoms with Crippen LogP contribution in [-0.4, -0.2) is 79.1 Å². The van der Waals surface area contributed by atoms with Crippen LogP contribution in [0.3, 0.4) is 0 Å². The summed E-state index contributed by atoms with van der Waals surface area (Å²) in [6, 6.07) is 3.64. The maximum absolute atomic E-state index is 14.3. The number of halogens is 1. The second kappa shape index (κ2) is 14.2. The fourth-order valence-corrected chi connectivity index (χ4v) is 8.99. The predicted octanol–water partition coefficient (Wildman–Crippen LogP) is 4.56. The minimum Gasteiger partial charge on any atom is -0.495 e. The van der Waals surface area contributed by atoms with E-state index >= 15 is 0 Å². The Morgan fingerprint density at radius 3 is 2.63 bits per heavy atom. The number of nitrogens with zero attached hydrogens (tertiary/aromatic N) is 2. The highest BCUT2D eigenvalue weighted by molar-refractivity contribution is 9.10. The van der Waals surface area contributed by atoms with Crippen LogP contribution in [0.1, 0.15) is 78.1 Å². The molecule has 0 bridgehead atoms. The number of fused-ring (bicyclic) bond motifs is 3. The van der Waals surface area contributed by atoms with Gasteiger partial charge >= 0.3 is 0 Å². The van der Waals surface area contributed by atoms with Gasteiger partial charge in [0.15, 0.2) is 5.78 Å². The first kappa shape index (κ1) is 35.6. The highest BCUT2D eigenvalue weighted by atomic mass is 79.9. The number of methoxy groups -OCH3 is 1. The minimum atomic E-state index is -3.81. The summed E-state index contributed by atoms with van der Waals surface area (Å²) in [5.41, 5.74) is 5.80. The lowest BCUT2D eigenvalue weighted by Gasteiger charge is -2.27. The number of nitrogens with one attached hydrogen (secondary N) is 1. The number of amides is 2. The number of hydrogen-bond donors (Lipinski definition) is 2. The normalized spacial score (nSPS) is 28.7. The van der Waals surface area contributed by atoms with Crippen molar-refractivity contribution in [2.45, 2.75) is 108 Å². The molecule has 12 nitrogen and oxygen atoms in total. The Labute approximate surface area is 295 Å². The van der Waals surface area contributed by atoms with Gasteiger partial charge in [0.25, 0.3) is 0 Å². The highest BCUT2D eigenvalue weighted by Crippen LogP contribution is 2.57. The minimum absolute atomic E-state index is 0.114. The van der Waals surface area contributed by atoms with E-state index in [-0.39, 0.29) is 43.1 Å². The molecule has 2 aromatic rings. The van der Waals surface area contributed by atoms with Crippen molar-refractivity contribution in [3.05, 3.63) is 34.8 Å². The molecule has 14 heteroatoms. The molecule has 5 atom stereocenters. The van der Waals surface area contributed by atoms with Crippen LogP contribution in [-0.2, 0) is 24.4 Å². The summed E-state index contributed by atoms with van der Waals surface area (Å²) in [7, 11) is -2.24. The SMILES string of the molecule is COc1ccc2c(O[C@@H]3C[C@H]4C(=O)C[C@]5(C(=O)NS(=O)(=O)C6CC6)C[C@@H]5/C=C\CCCCC[C@H](N)C(=O)N4C3)cc(OC(C)C)nc2c1Br. The maximum Gasteiger partial charge on any atom is 0.240 e. The molecular formula is C35H45BrN4O8S. The van der Waals surface area contributed by atoms with E-state index < -0.39 is 44.8 Å². The summed E-state index contributed by atoms with van der Waals surface area (Å²) >= 11 is 3.59. The summed E-state index contributed by atoms with van der Waals surface area (Å²) in [6.07, 6.45) is 8.41. The monoisotopic (exact) mass is 760 g/mol. The van der Waals surface area contributed by atoms with Crippen molar-refractivity contribution in [1.82, 2.24) is 14.6 Å². The van der Waals surface area contributed by atoms with E-state index in [0.717, 1.165) is 25.7 Å². The molecule has 2 aliphatic heterocycles. The molecule has 266 valence electrons. The van der Waals surface area contributed by atoms with Gasteiger partial charge in [-0.2, -0.15) is 0 Å². The molecule has 6 rings (SSSR count). The van der Waals surface area contributed by atoms with Crippen molar-refractivity contribution in [2.75, 3.05) is 13.7 Å². The first-order valence-corrected chi connectivity index (χ1v) is 19.5. The fraction of sp³-hybridized carbons (Fsp3) is 0.600. The first-order chi connectivity index (χ1) is 23.3. The number of hydrogen-bond acceptors (Lipinski definition) is 10. The number of ether oxygens (including phenoxy) is 3. The smallest absolute Gasteiger partial charge is 0.240 e. The molecule has 0 radical (unpaired) electrons. The lowest BCUT2D eigenvalue weighted by molar-refractivity contribution is -0.140. The van der Waals surface area contributed by atoms with Crippen molar-refractivity contribution in [1.29, 1.82) is 0 Å². The van der Waals surface area contributed by atoms with Crippen LogP contribution in [0.15, 0.2) is 34.8 Å². The van der Waals surface area contributed by atoms with Crippen LogP contribution in [0.4, 0.5) is 0 Å². The van der Waals surface area contributed by atoms with Crippen LogP contribution in [0.2, 0.25) is 0 Å². The average Bonchev–Trinajstić information content (AvgIpc) is 3.97. The molecule has 1 saturated heterocycles. The van der Waals surface area contributed by atoms with Crippen molar-refractivity contribution in [3.8, 4) is 17.4 Å². The number of sulfonamides is 1. The predicted molar refractivity (Wildman–Crippen MR) is 187 cm³/mol. The van der Waals surface area contributed by atoms with Gasteiger partial charge in [-0.1, -0.05) is 25.0 Å². The summed E-state index contributed by atoms with van der Waals surface area (Å²) in [5.74, 6) is -0.170. The molecule has 0 unspecified atom stereocenters. The van der Waals surface area contributed by atoms with Gasteiger partial charge < -0.3 is 24.8 Å². The highest BCUT2D eigenvalue weighted by Gasteiger charge is 2.61. The molecule has 1 aromatic heterocycles. The topological polar surface area (TPSA) is 167 Å². The molecule has 4 aliphatic rings. The van der Waals surface area contributed by atoms with Crippen LogP contribution in [0, 0.1) is 11.3 Å². The van der Waals surface area contributed by atoms with Crippen molar-refractivity contribution in [3.63, 3.8) is 0 Å². The largest absolute Gasteiger partial charge is 0.495 e. The van der Waals surface area contributed by atoms with Gasteiger partial charge in [0.2, 0.25) is 27.7 Å². The summed E-state index contributed by atoms with van der Waals surface area (Å²) in [5, 5.41) is 0.112. The second-order valence-corrected chi connectivity index (χ2v) is 16.8. The summed E-state index contributed by atoms with van der Waals surface area (Å²) in [4.78, 5) is 47.9. The number of pyridine rings is 1. The zero-order valence-corrected chi connectivity index (χ0v) is 30.6. The average molecular weight is 762 g/mol. The van der Waals surface area contributed by atoms with Crippen LogP contribution < -0.4 is 24.7 Å². The van der Waals surface area contributed by atoms with Gasteiger partial charge in [-0.15, -0.1) is 0 Å². The molecule has 3 heterocycles. The van der Waals surface area contributed by atoms with E-state index in [9.17, 15) is 22.8 Å². The number of Topliss-reactive ketones (excluding diaryl/α,β-unsaturated/α-hetero) is 1. The Bertz CT molecular complexity index is 1760. The second-order valence-electron chi connectivity index (χ2n) is 14.0. The lowest BCUT2D eigenvalue weighted by Crippen LogP contribution is -2.49. The van der Waals surface area contributed by atoms with Gasteiger partial charge in [0, 0.05) is 24.3 Å². The van der Waals surface area contributed by atoms with Gasteiger partial charge in [0.05, 0.1) is 52.5 Å². The Morgan fingerprint density at radius 2 is 1.92 bits per heavy atom. The quantitative estimate of drug-likeness (QED) is 0.364. The molecule has 1 aromatic carbocycles. The number of carbonyl (C=O) groups excluding carboxylic acids is 3. The summed E-state index contributed by atoms with van der Waals surface area (Å²) < 4.78 is 46.4. The molecule has 2 amide bonds. The Hall–Kier alpha value is -3.23. The fourth-order valence-electron chi connectivity index (χ4n) is 7.01. The van der Waals surface area contributed by atoms with Gasteiger partial charge in [-0.25, -0.2) is 13.4 Å². The van der Waals surface area contributed by atoms with Crippen molar-refractivity contribution in [2.24, 2.45) is 17.1 Å². The standard InChI is InChI=1S/C35H45BrN4O8S/c1-20(2)47-30-16-29(24-13-14-28(46-3)31(36)32(24)38-30)48-22-15-26-27(41)18-35(34(43)39-49(44,45)23-11-12-23)17-21(35)9-7-5-4-6-8-10-25(37)33(42)40(26)19-22/h7,9,13-14,16,20-23,25-26H,4-6,8,10-12,15,17-19,37H2,1-3H3,(H,39,43)/b9-7-/t21-,22+,25-,26-,35+/m0/s1. The molecule has 0 spiro atoms. The van der Waals surface area contributed by atoms with Crippen LogP contribution in [0.5, 0.6) is 17.4 Å². The van der Waals surface area contributed by atoms with Gasteiger partial charge in [-0.3, -0.25) is 19.1 Å². The van der Waals surface area contributed by atoms with E-state index in [2.05, 4.69) is 25.6 Å². The zero-order chi connectivity index (χ0) is 35.1. The zero-order valence-electron chi connectivity index (χ0n) is 28.2. The van der Waals surface area contributed by atoms with Crippen molar-refractivity contribution < 1.29 is 37.0 Å². The third-order valence-electron chi connectivity index (χ3n) is 9.96. The molecule has 3 N–H and O–H groups in total. The third kappa shape index (κ3) is 7.61. The van der Waals surface area contributed by atoms with Gasteiger partial charge in [0.1, 0.15) is 17.6 Å². The van der Waals surface area contributed by atoms with Crippen LogP contribution >= 0.6 is 15.9 Å². The van der Waals surface area contributed by atoms with Gasteiger partial charge in [-0.05, 0) is 86.4 Å². The Morgan fingerprint density at radius 1 is 1.14 bits per heavy atom. The first-order valence-electron chi connectivity index (χ1n) is 17.1. The molecule has 2 aliphatic carbocycles. The number of nitrogens with two attached hydrogens (primary N) is 1. The molecule has 49 heavy (non-hydrogen) atoms. The molecule has 3 fully saturated rings. The van der Waals surface area contributed by atoms with Crippen molar-refractivity contribution >= 4 is 54.5 Å². The maximum atomic E-state index is 14.3. The molecule has 2 saturated carbocycles. The lowest BCUT2D eigenvalue weighted by atomic mass is 9.91. The van der Waals surface area contributed by atoms with E-state index in [1.807, 2.05) is 32.1 Å². The van der Waals surface area contributed by atoms with E-state index in [1.54, 1.807) is 19.2 Å². The number of allylic oxidation sites excluding steroid dienone is 2. The number of benzene rings is 1. The Balaban J connectivity index is 1.31. The number of ketones is 1. The van der Waals surface area contributed by atoms with E-state index in [4.69, 9.17) is 19.9 Å². The van der Waals surface area contributed by atoms with E-state index in [0.29, 0.717) is 58.4 Å². The Kier molecular flexibility index (Phi) is 10.3. The number of aromatic nitrogens is 1. The number of rotatable bonds is 8.